The molecule has 11 heteroatoms. The van der Waals surface area contributed by atoms with Crippen LogP contribution in [0.15, 0.2) is 21.4 Å². The van der Waals surface area contributed by atoms with Gasteiger partial charge < -0.3 is 4.84 Å². The average molecular weight is 349 g/mol. The first-order chi connectivity index (χ1) is 9.27. The molecule has 1 aromatic heterocycles. The fourth-order valence-corrected chi connectivity index (χ4v) is 3.83. The molecule has 0 atom stereocenters. The molecule has 0 aromatic carbocycles. The lowest BCUT2D eigenvalue weighted by atomic mass is 10.4. The van der Waals surface area contributed by atoms with Crippen molar-refractivity contribution in [2.75, 3.05) is 12.9 Å². The van der Waals surface area contributed by atoms with Crippen LogP contribution in [-0.2, 0) is 14.7 Å². The van der Waals surface area contributed by atoms with Crippen molar-refractivity contribution >= 4 is 39.0 Å². The van der Waals surface area contributed by atoms with Crippen LogP contribution in [0, 0.1) is 0 Å². The van der Waals surface area contributed by atoms with Crippen LogP contribution in [0.4, 0.5) is 13.2 Å². The maximum absolute atomic E-state index is 12.6. The minimum absolute atomic E-state index is 0.0389. The molecule has 0 saturated carbocycles. The topological polar surface area (TPSA) is 68.6 Å². The third-order valence-electron chi connectivity index (χ3n) is 1.93. The Bertz CT molecular complexity index is 639. The van der Waals surface area contributed by atoms with Crippen molar-refractivity contribution in [2.45, 2.75) is 10.8 Å². The Morgan fingerprint density at radius 1 is 1.50 bits per heavy atom. The van der Waals surface area contributed by atoms with Gasteiger partial charge >= 0.3 is 6.08 Å². The number of nitrogens with zero attached hydrogens (tertiary/aromatic N) is 2. The van der Waals surface area contributed by atoms with Gasteiger partial charge in [0, 0.05) is 6.42 Å². The summed E-state index contributed by atoms with van der Waals surface area (Å²) in [5.41, 5.74) is 0.0600. The molecule has 0 amide bonds. The van der Waals surface area contributed by atoms with Crippen molar-refractivity contribution in [2.24, 2.45) is 5.16 Å². The first kappa shape index (κ1) is 16.9. The lowest BCUT2D eigenvalue weighted by Gasteiger charge is -1.98. The maximum atomic E-state index is 12.6. The molecule has 0 radical (unpaired) electrons. The van der Waals surface area contributed by atoms with Gasteiger partial charge in [-0.15, -0.1) is 0 Å². The Kier molecular flexibility index (Phi) is 5.96. The number of allylic oxidation sites excluding steroid dienone is 1. The van der Waals surface area contributed by atoms with Gasteiger partial charge in [0.25, 0.3) is 0 Å². The number of rotatable bonds is 6. The van der Waals surface area contributed by atoms with Crippen molar-refractivity contribution in [1.29, 1.82) is 0 Å². The summed E-state index contributed by atoms with van der Waals surface area (Å²) in [5, 5.41) is 3.37. The smallest absolute Gasteiger partial charge is 0.301 e. The molecule has 0 aliphatic heterocycles. The van der Waals surface area contributed by atoms with Crippen LogP contribution in [0.1, 0.15) is 12.1 Å². The summed E-state index contributed by atoms with van der Waals surface area (Å²) in [4.78, 5) is 8.07. The lowest BCUT2D eigenvalue weighted by molar-refractivity contribution is 0.215. The zero-order chi connectivity index (χ0) is 15.3. The number of halogens is 4. The van der Waals surface area contributed by atoms with Crippen LogP contribution in [-0.4, -0.2) is 32.5 Å². The van der Waals surface area contributed by atoms with Crippen LogP contribution >= 0.6 is 22.9 Å². The quantitative estimate of drug-likeness (QED) is 0.585. The summed E-state index contributed by atoms with van der Waals surface area (Å²) in [6.45, 7) is 0. The standard InChI is InChI=1S/C9H8ClF3N2O3S2/c1-18-14-4-6-7(10)19-9(15-6)20(16,17)3-2-5(11)8(12)13/h4H,2-3H2,1H3. The molecule has 0 bridgehead atoms. The number of hydrogen-bond donors (Lipinski definition) is 0. The number of oxime groups is 1. The Balaban J connectivity index is 2.94. The second-order valence-corrected chi connectivity index (χ2v) is 7.17. The molecule has 5 nitrogen and oxygen atoms in total. The zero-order valence-electron chi connectivity index (χ0n) is 9.94. The van der Waals surface area contributed by atoms with Gasteiger partial charge in [0.05, 0.1) is 12.0 Å². The van der Waals surface area contributed by atoms with Crippen LogP contribution < -0.4 is 0 Å². The van der Waals surface area contributed by atoms with Gasteiger partial charge in [0.15, 0.2) is 5.83 Å². The van der Waals surface area contributed by atoms with Crippen LogP contribution in [0.5, 0.6) is 0 Å². The van der Waals surface area contributed by atoms with E-state index in [1.54, 1.807) is 0 Å². The third kappa shape index (κ3) is 4.46. The second kappa shape index (κ2) is 7.04. The van der Waals surface area contributed by atoms with Gasteiger partial charge in [-0.25, -0.2) is 17.8 Å². The molecule has 0 saturated heterocycles. The van der Waals surface area contributed by atoms with E-state index in [4.69, 9.17) is 11.6 Å². The first-order valence-corrected chi connectivity index (χ1v) is 7.78. The van der Waals surface area contributed by atoms with E-state index in [-0.39, 0.29) is 10.0 Å². The number of sulfone groups is 1. The molecule has 0 unspecified atom stereocenters. The third-order valence-corrected chi connectivity index (χ3v) is 5.39. The fourth-order valence-electron chi connectivity index (χ4n) is 1.02. The summed E-state index contributed by atoms with van der Waals surface area (Å²) in [7, 11) is -2.73. The van der Waals surface area contributed by atoms with E-state index in [9.17, 15) is 21.6 Å². The Labute approximate surface area is 121 Å². The summed E-state index contributed by atoms with van der Waals surface area (Å²) < 4.78 is 59.5. The summed E-state index contributed by atoms with van der Waals surface area (Å²) in [6.07, 6.45) is -2.37. The molecule has 0 aliphatic carbocycles. The fraction of sp³-hybridized carbons (Fsp3) is 0.333. The Morgan fingerprint density at radius 3 is 2.70 bits per heavy atom. The monoisotopic (exact) mass is 348 g/mol. The highest BCUT2D eigenvalue weighted by Gasteiger charge is 2.22. The van der Waals surface area contributed by atoms with Crippen molar-refractivity contribution < 1.29 is 26.4 Å². The molecule has 20 heavy (non-hydrogen) atoms. The molecule has 1 heterocycles. The van der Waals surface area contributed by atoms with E-state index in [1.807, 2.05) is 0 Å². The predicted molar refractivity (Wildman–Crippen MR) is 68.7 cm³/mol. The Hall–Kier alpha value is -1.13. The highest BCUT2D eigenvalue weighted by atomic mass is 35.5. The second-order valence-electron chi connectivity index (χ2n) is 3.29. The van der Waals surface area contributed by atoms with Crippen LogP contribution in [0.3, 0.4) is 0 Å². The molecule has 1 aromatic rings. The number of thiazole rings is 1. The minimum Gasteiger partial charge on any atom is -0.399 e. The summed E-state index contributed by atoms with van der Waals surface area (Å²) in [6, 6.07) is 0. The van der Waals surface area contributed by atoms with E-state index in [1.165, 1.54) is 7.11 Å². The van der Waals surface area contributed by atoms with Crippen molar-refractivity contribution in [3.05, 3.63) is 21.9 Å². The SMILES string of the molecule is CON=Cc1nc(S(=O)(=O)CCC(F)=C(F)F)sc1Cl. The molecule has 0 aliphatic rings. The summed E-state index contributed by atoms with van der Waals surface area (Å²) >= 11 is 6.37. The largest absolute Gasteiger partial charge is 0.399 e. The minimum atomic E-state index is -4.00. The van der Waals surface area contributed by atoms with E-state index >= 15 is 0 Å². The van der Waals surface area contributed by atoms with E-state index < -0.39 is 38.3 Å². The molecule has 1 rings (SSSR count). The Morgan fingerprint density at radius 2 is 2.15 bits per heavy atom. The van der Waals surface area contributed by atoms with Gasteiger partial charge in [-0.1, -0.05) is 28.1 Å². The van der Waals surface area contributed by atoms with Gasteiger partial charge in [0.2, 0.25) is 14.2 Å². The number of aromatic nitrogens is 1. The van der Waals surface area contributed by atoms with Gasteiger partial charge in [-0.3, -0.25) is 0 Å². The highest BCUT2D eigenvalue weighted by Crippen LogP contribution is 2.28. The lowest BCUT2D eigenvalue weighted by Crippen LogP contribution is -2.07. The van der Waals surface area contributed by atoms with Gasteiger partial charge in [-0.2, -0.15) is 8.78 Å². The van der Waals surface area contributed by atoms with Crippen molar-refractivity contribution in [3.8, 4) is 0 Å². The van der Waals surface area contributed by atoms with Gasteiger partial charge in [0.1, 0.15) is 17.1 Å². The highest BCUT2D eigenvalue weighted by molar-refractivity contribution is 7.93. The molecule has 112 valence electrons. The van der Waals surface area contributed by atoms with Gasteiger partial charge in [-0.05, 0) is 0 Å². The molecular formula is C9H8ClF3N2O3S2. The maximum Gasteiger partial charge on any atom is 0.301 e. The first-order valence-electron chi connectivity index (χ1n) is 4.93. The molecule has 0 fully saturated rings. The van der Waals surface area contributed by atoms with Crippen LogP contribution in [0.25, 0.3) is 0 Å². The molecule has 0 N–H and O–H groups in total. The number of hydrogen-bond acceptors (Lipinski definition) is 6. The van der Waals surface area contributed by atoms with E-state index in [2.05, 4.69) is 15.0 Å². The van der Waals surface area contributed by atoms with Crippen molar-refractivity contribution in [1.82, 2.24) is 4.98 Å². The zero-order valence-corrected chi connectivity index (χ0v) is 12.3. The predicted octanol–water partition coefficient (Wildman–Crippen LogP) is 3.02. The van der Waals surface area contributed by atoms with E-state index in [0.717, 1.165) is 6.21 Å². The average Bonchev–Trinajstić information content (AvgIpc) is 2.75. The molecule has 0 spiro atoms. The normalized spacial score (nSPS) is 11.8. The van der Waals surface area contributed by atoms with E-state index in [0.29, 0.717) is 11.3 Å². The van der Waals surface area contributed by atoms with Crippen molar-refractivity contribution in [3.63, 3.8) is 0 Å². The summed E-state index contributed by atoms with van der Waals surface area (Å²) in [5.74, 6) is -2.60. The van der Waals surface area contributed by atoms with Crippen LogP contribution in [0.2, 0.25) is 4.34 Å². The molecular weight excluding hydrogens is 341 g/mol.